The van der Waals surface area contributed by atoms with Gasteiger partial charge in [0.1, 0.15) is 0 Å². The number of hydrogen-bond donors (Lipinski definition) is 2. The van der Waals surface area contributed by atoms with Gasteiger partial charge in [-0.3, -0.25) is 0 Å². The molecule has 13 heavy (non-hydrogen) atoms. The van der Waals surface area contributed by atoms with Crippen molar-refractivity contribution in [1.82, 2.24) is 5.32 Å². The maximum absolute atomic E-state index is 6.10. The van der Waals surface area contributed by atoms with Crippen molar-refractivity contribution in [3.05, 3.63) is 12.2 Å². The van der Waals surface area contributed by atoms with E-state index in [1.54, 1.807) is 0 Å². The second kappa shape index (κ2) is 5.40. The van der Waals surface area contributed by atoms with Gasteiger partial charge in [-0.15, -0.1) is 0 Å². The van der Waals surface area contributed by atoms with E-state index in [1.165, 1.54) is 5.57 Å². The Balaban J connectivity index is 4.17. The van der Waals surface area contributed by atoms with Gasteiger partial charge in [0.25, 0.3) is 0 Å². The number of nitrogens with one attached hydrogen (secondary N) is 1. The standard InChI is InChI=1S/C11H24N2/c1-6-11(5,12)8-10(9(3)4)13-7-2/h10,13H,3,6-8,12H2,1-2,4-5H3. The van der Waals surface area contributed by atoms with E-state index in [-0.39, 0.29) is 5.54 Å². The van der Waals surface area contributed by atoms with Crippen molar-refractivity contribution in [3.63, 3.8) is 0 Å². The monoisotopic (exact) mass is 184 g/mol. The molecule has 0 aromatic heterocycles. The lowest BCUT2D eigenvalue weighted by molar-refractivity contribution is 0.367. The minimum absolute atomic E-state index is 0.0776. The van der Waals surface area contributed by atoms with Crippen LogP contribution in [0.4, 0.5) is 0 Å². The van der Waals surface area contributed by atoms with Gasteiger partial charge < -0.3 is 11.1 Å². The minimum Gasteiger partial charge on any atom is -0.325 e. The van der Waals surface area contributed by atoms with Gasteiger partial charge in [-0.1, -0.05) is 26.0 Å². The normalized spacial score (nSPS) is 17.9. The molecule has 2 heteroatoms. The molecular weight excluding hydrogens is 160 g/mol. The largest absolute Gasteiger partial charge is 0.325 e. The van der Waals surface area contributed by atoms with Crippen molar-refractivity contribution in [3.8, 4) is 0 Å². The topological polar surface area (TPSA) is 38.0 Å². The Bertz CT molecular complexity index is 161. The maximum atomic E-state index is 6.10. The Hall–Kier alpha value is -0.340. The van der Waals surface area contributed by atoms with Gasteiger partial charge >= 0.3 is 0 Å². The summed E-state index contributed by atoms with van der Waals surface area (Å²) >= 11 is 0. The van der Waals surface area contributed by atoms with Gasteiger partial charge in [-0.05, 0) is 33.2 Å². The van der Waals surface area contributed by atoms with Gasteiger partial charge in [0.05, 0.1) is 0 Å². The van der Waals surface area contributed by atoms with E-state index >= 15 is 0 Å². The first-order valence-corrected chi connectivity index (χ1v) is 5.10. The third-order valence-corrected chi connectivity index (χ3v) is 2.52. The lowest BCUT2D eigenvalue weighted by atomic mass is 9.89. The highest BCUT2D eigenvalue weighted by Gasteiger charge is 2.21. The maximum Gasteiger partial charge on any atom is 0.0291 e. The Morgan fingerprint density at radius 1 is 1.54 bits per heavy atom. The highest BCUT2D eigenvalue weighted by molar-refractivity contribution is 5.04. The smallest absolute Gasteiger partial charge is 0.0291 e. The molecule has 0 aromatic carbocycles. The van der Waals surface area contributed by atoms with Crippen LogP contribution in [0.25, 0.3) is 0 Å². The average Bonchev–Trinajstić information content (AvgIpc) is 2.03. The van der Waals surface area contributed by atoms with Crippen LogP contribution in [-0.4, -0.2) is 18.1 Å². The zero-order chi connectivity index (χ0) is 10.5. The molecule has 0 amide bonds. The molecule has 0 radical (unpaired) electrons. The Kier molecular flexibility index (Phi) is 5.26. The Labute approximate surface area is 82.6 Å². The minimum atomic E-state index is -0.0776. The summed E-state index contributed by atoms with van der Waals surface area (Å²) in [5.41, 5.74) is 7.20. The third kappa shape index (κ3) is 5.06. The molecule has 0 aliphatic rings. The van der Waals surface area contributed by atoms with Crippen LogP contribution in [0.1, 0.15) is 40.5 Å². The predicted octanol–water partition coefficient (Wildman–Crippen LogP) is 2.06. The van der Waals surface area contributed by atoms with Crippen LogP contribution in [0.3, 0.4) is 0 Å². The van der Waals surface area contributed by atoms with Crippen molar-refractivity contribution in [1.29, 1.82) is 0 Å². The first kappa shape index (κ1) is 12.7. The van der Waals surface area contributed by atoms with E-state index in [9.17, 15) is 0 Å². The van der Waals surface area contributed by atoms with Crippen molar-refractivity contribution >= 4 is 0 Å². The fourth-order valence-electron chi connectivity index (χ4n) is 1.28. The summed E-state index contributed by atoms with van der Waals surface area (Å²) in [6, 6.07) is 0.361. The molecule has 2 atom stereocenters. The number of rotatable bonds is 6. The molecule has 0 aliphatic carbocycles. The molecule has 78 valence electrons. The summed E-state index contributed by atoms with van der Waals surface area (Å²) in [6.07, 6.45) is 1.97. The first-order valence-electron chi connectivity index (χ1n) is 5.10. The fourth-order valence-corrected chi connectivity index (χ4v) is 1.28. The molecule has 0 spiro atoms. The van der Waals surface area contributed by atoms with E-state index in [4.69, 9.17) is 5.73 Å². The molecule has 2 unspecified atom stereocenters. The summed E-state index contributed by atoms with van der Waals surface area (Å²) in [6.45, 7) is 13.3. The molecular formula is C11H24N2. The fraction of sp³-hybridized carbons (Fsp3) is 0.818. The van der Waals surface area contributed by atoms with Crippen LogP contribution in [0.5, 0.6) is 0 Å². The van der Waals surface area contributed by atoms with Gasteiger partial charge in [0, 0.05) is 11.6 Å². The van der Waals surface area contributed by atoms with Crippen LogP contribution in [0.15, 0.2) is 12.2 Å². The van der Waals surface area contributed by atoms with Gasteiger partial charge in [0.15, 0.2) is 0 Å². The quantitative estimate of drug-likeness (QED) is 0.620. The molecule has 0 aliphatic heterocycles. The zero-order valence-electron chi connectivity index (χ0n) is 9.48. The number of hydrogen-bond acceptors (Lipinski definition) is 2. The third-order valence-electron chi connectivity index (χ3n) is 2.52. The van der Waals surface area contributed by atoms with Crippen LogP contribution in [0, 0.1) is 0 Å². The van der Waals surface area contributed by atoms with E-state index in [1.807, 2.05) is 0 Å². The van der Waals surface area contributed by atoms with Crippen LogP contribution < -0.4 is 11.1 Å². The van der Waals surface area contributed by atoms with Gasteiger partial charge in [-0.2, -0.15) is 0 Å². The molecule has 2 nitrogen and oxygen atoms in total. The van der Waals surface area contributed by atoms with Crippen molar-refractivity contribution in [2.75, 3.05) is 6.54 Å². The zero-order valence-corrected chi connectivity index (χ0v) is 9.48. The summed E-state index contributed by atoms with van der Waals surface area (Å²) in [5, 5.41) is 3.39. The first-order chi connectivity index (χ1) is 5.93. The van der Waals surface area contributed by atoms with Crippen molar-refractivity contribution in [2.24, 2.45) is 5.73 Å². The summed E-state index contributed by atoms with van der Waals surface area (Å²) in [7, 11) is 0. The van der Waals surface area contributed by atoms with Crippen LogP contribution in [0.2, 0.25) is 0 Å². The molecule has 0 heterocycles. The summed E-state index contributed by atoms with van der Waals surface area (Å²) < 4.78 is 0. The van der Waals surface area contributed by atoms with E-state index in [0.717, 1.165) is 19.4 Å². The van der Waals surface area contributed by atoms with Crippen molar-refractivity contribution in [2.45, 2.75) is 52.1 Å². The average molecular weight is 184 g/mol. The highest BCUT2D eigenvalue weighted by atomic mass is 14.9. The lowest BCUT2D eigenvalue weighted by Crippen LogP contribution is -2.44. The summed E-state index contributed by atoms with van der Waals surface area (Å²) in [4.78, 5) is 0. The van der Waals surface area contributed by atoms with Gasteiger partial charge in [0.2, 0.25) is 0 Å². The Morgan fingerprint density at radius 3 is 2.38 bits per heavy atom. The molecule has 0 saturated heterocycles. The molecule has 0 fully saturated rings. The number of likely N-dealkylation sites (N-methyl/N-ethyl adjacent to an activating group) is 1. The lowest BCUT2D eigenvalue weighted by Gasteiger charge is -2.29. The van der Waals surface area contributed by atoms with Gasteiger partial charge in [-0.25, -0.2) is 0 Å². The number of nitrogens with two attached hydrogens (primary N) is 1. The highest BCUT2D eigenvalue weighted by Crippen LogP contribution is 2.16. The molecule has 0 rings (SSSR count). The predicted molar refractivity (Wildman–Crippen MR) is 59.8 cm³/mol. The second-order valence-corrected chi connectivity index (χ2v) is 4.17. The van der Waals surface area contributed by atoms with E-state index < -0.39 is 0 Å². The molecule has 0 saturated carbocycles. The second-order valence-electron chi connectivity index (χ2n) is 4.17. The van der Waals surface area contributed by atoms with Crippen molar-refractivity contribution < 1.29 is 0 Å². The van der Waals surface area contributed by atoms with E-state index in [0.29, 0.717) is 6.04 Å². The van der Waals surface area contributed by atoms with Crippen LogP contribution in [-0.2, 0) is 0 Å². The van der Waals surface area contributed by atoms with Crippen LogP contribution >= 0.6 is 0 Å². The summed E-state index contributed by atoms with van der Waals surface area (Å²) in [5.74, 6) is 0. The Morgan fingerprint density at radius 2 is 2.08 bits per heavy atom. The molecule has 3 N–H and O–H groups in total. The molecule has 0 bridgehead atoms. The van der Waals surface area contributed by atoms with E-state index in [2.05, 4.69) is 39.6 Å². The SMILES string of the molecule is C=C(C)C(CC(C)(N)CC)NCC. The molecule has 0 aromatic rings.